The zero-order chi connectivity index (χ0) is 12.0. The molecule has 16 heavy (non-hydrogen) atoms. The number of carbonyl (C=O) groups excluding carboxylic acids is 1. The predicted octanol–water partition coefficient (Wildman–Crippen LogP) is 1.73. The van der Waals surface area contributed by atoms with Gasteiger partial charge in [0, 0.05) is 19.1 Å². The minimum Gasteiger partial charge on any atom is -0.375 e. The molecule has 0 aliphatic carbocycles. The van der Waals surface area contributed by atoms with Gasteiger partial charge in [-0.05, 0) is 5.56 Å². The van der Waals surface area contributed by atoms with Crippen molar-refractivity contribution in [2.24, 2.45) is 0 Å². The maximum Gasteiger partial charge on any atom is 0.246 e. The summed E-state index contributed by atoms with van der Waals surface area (Å²) in [6, 6.07) is 10.1. The predicted molar refractivity (Wildman–Crippen MR) is 64.4 cm³/mol. The third-order valence-corrected chi connectivity index (χ3v) is 2.56. The molecule has 1 aromatic rings. The molecule has 0 atom stereocenters. The van der Waals surface area contributed by atoms with Crippen molar-refractivity contribution < 1.29 is 9.53 Å². The van der Waals surface area contributed by atoms with Gasteiger partial charge in [-0.3, -0.25) is 4.79 Å². The summed E-state index contributed by atoms with van der Waals surface area (Å²) in [4.78, 5) is 11.3. The zero-order valence-electron chi connectivity index (χ0n) is 10.1. The Hall–Kier alpha value is -1.35. The standard InChI is InChI=1S/C13H19NO2/c1-13(2,10-14-12(15)9-16-3)11-7-5-4-6-8-11/h4-8H,9-10H2,1-3H3,(H,14,15). The molecule has 0 aromatic heterocycles. The quantitative estimate of drug-likeness (QED) is 0.822. The van der Waals surface area contributed by atoms with Crippen LogP contribution in [0.4, 0.5) is 0 Å². The Morgan fingerprint density at radius 2 is 1.94 bits per heavy atom. The first-order chi connectivity index (χ1) is 7.56. The lowest BCUT2D eigenvalue weighted by molar-refractivity contribution is -0.124. The Morgan fingerprint density at radius 3 is 2.50 bits per heavy atom. The lowest BCUT2D eigenvalue weighted by Crippen LogP contribution is -2.38. The molecule has 0 aliphatic rings. The topological polar surface area (TPSA) is 38.3 Å². The van der Waals surface area contributed by atoms with Crippen LogP contribution in [-0.2, 0) is 14.9 Å². The summed E-state index contributed by atoms with van der Waals surface area (Å²) in [6.07, 6.45) is 0. The molecule has 1 N–H and O–H groups in total. The first-order valence-corrected chi connectivity index (χ1v) is 5.37. The van der Waals surface area contributed by atoms with Crippen molar-refractivity contribution >= 4 is 5.91 Å². The van der Waals surface area contributed by atoms with E-state index in [0.717, 1.165) is 0 Å². The van der Waals surface area contributed by atoms with Crippen molar-refractivity contribution in [3.63, 3.8) is 0 Å². The van der Waals surface area contributed by atoms with E-state index in [2.05, 4.69) is 31.3 Å². The fraction of sp³-hybridized carbons (Fsp3) is 0.462. The molecule has 1 amide bonds. The van der Waals surface area contributed by atoms with Crippen LogP contribution in [0.15, 0.2) is 30.3 Å². The van der Waals surface area contributed by atoms with Crippen LogP contribution in [0.1, 0.15) is 19.4 Å². The molecule has 0 radical (unpaired) electrons. The van der Waals surface area contributed by atoms with Gasteiger partial charge in [0.25, 0.3) is 0 Å². The highest BCUT2D eigenvalue weighted by Gasteiger charge is 2.20. The molecule has 0 saturated carbocycles. The van der Waals surface area contributed by atoms with Gasteiger partial charge in [-0.15, -0.1) is 0 Å². The van der Waals surface area contributed by atoms with E-state index in [4.69, 9.17) is 4.74 Å². The summed E-state index contributed by atoms with van der Waals surface area (Å²) < 4.78 is 4.76. The van der Waals surface area contributed by atoms with Gasteiger partial charge in [0.1, 0.15) is 6.61 Å². The number of nitrogens with one attached hydrogen (secondary N) is 1. The second-order valence-corrected chi connectivity index (χ2v) is 4.46. The van der Waals surface area contributed by atoms with Crippen LogP contribution in [0, 0.1) is 0 Å². The third-order valence-electron chi connectivity index (χ3n) is 2.56. The summed E-state index contributed by atoms with van der Waals surface area (Å²) >= 11 is 0. The van der Waals surface area contributed by atoms with Crippen molar-refractivity contribution in [1.29, 1.82) is 0 Å². The smallest absolute Gasteiger partial charge is 0.246 e. The third kappa shape index (κ3) is 3.66. The van der Waals surface area contributed by atoms with Gasteiger partial charge in [0.2, 0.25) is 5.91 Å². The maximum atomic E-state index is 11.3. The van der Waals surface area contributed by atoms with Gasteiger partial charge < -0.3 is 10.1 Å². The Bertz CT molecular complexity index is 333. The number of hydrogen-bond acceptors (Lipinski definition) is 2. The lowest BCUT2D eigenvalue weighted by atomic mass is 9.84. The van der Waals surface area contributed by atoms with Crippen LogP contribution in [0.5, 0.6) is 0 Å². The van der Waals surface area contributed by atoms with Gasteiger partial charge in [-0.25, -0.2) is 0 Å². The average Bonchev–Trinajstić information content (AvgIpc) is 2.28. The number of carbonyl (C=O) groups is 1. The molecule has 0 fully saturated rings. The van der Waals surface area contributed by atoms with E-state index in [1.807, 2.05) is 18.2 Å². The highest BCUT2D eigenvalue weighted by molar-refractivity contribution is 5.77. The van der Waals surface area contributed by atoms with Crippen molar-refractivity contribution in [1.82, 2.24) is 5.32 Å². The van der Waals surface area contributed by atoms with E-state index in [9.17, 15) is 4.79 Å². The summed E-state index contributed by atoms with van der Waals surface area (Å²) in [5.41, 5.74) is 1.15. The molecule has 3 heteroatoms. The Balaban J connectivity index is 2.55. The van der Waals surface area contributed by atoms with Gasteiger partial charge in [-0.1, -0.05) is 44.2 Å². The highest BCUT2D eigenvalue weighted by atomic mass is 16.5. The van der Waals surface area contributed by atoms with Gasteiger partial charge >= 0.3 is 0 Å². The normalized spacial score (nSPS) is 11.2. The fourth-order valence-corrected chi connectivity index (χ4v) is 1.49. The molecule has 0 unspecified atom stereocenters. The Morgan fingerprint density at radius 1 is 1.31 bits per heavy atom. The maximum absolute atomic E-state index is 11.3. The van der Waals surface area contributed by atoms with Crippen LogP contribution in [0.3, 0.4) is 0 Å². The van der Waals surface area contributed by atoms with Gasteiger partial charge in [-0.2, -0.15) is 0 Å². The minimum absolute atomic E-state index is 0.0648. The second kappa shape index (κ2) is 5.66. The van der Waals surface area contributed by atoms with Crippen molar-refractivity contribution in [2.45, 2.75) is 19.3 Å². The van der Waals surface area contributed by atoms with Crippen molar-refractivity contribution in [3.05, 3.63) is 35.9 Å². The SMILES string of the molecule is COCC(=O)NCC(C)(C)c1ccccc1. The lowest BCUT2D eigenvalue weighted by Gasteiger charge is -2.25. The molecule has 0 bridgehead atoms. The Kier molecular flexibility index (Phi) is 4.50. The molecule has 3 nitrogen and oxygen atoms in total. The summed E-state index contributed by atoms with van der Waals surface area (Å²) in [7, 11) is 1.52. The van der Waals surface area contributed by atoms with E-state index < -0.39 is 0 Å². The van der Waals surface area contributed by atoms with E-state index in [-0.39, 0.29) is 17.9 Å². The largest absolute Gasteiger partial charge is 0.375 e. The van der Waals surface area contributed by atoms with Crippen LogP contribution < -0.4 is 5.32 Å². The molecule has 0 spiro atoms. The second-order valence-electron chi connectivity index (χ2n) is 4.46. The van der Waals surface area contributed by atoms with E-state index in [1.54, 1.807) is 0 Å². The van der Waals surface area contributed by atoms with E-state index in [0.29, 0.717) is 6.54 Å². The monoisotopic (exact) mass is 221 g/mol. The molecule has 1 aromatic carbocycles. The van der Waals surface area contributed by atoms with Gasteiger partial charge in [0.05, 0.1) is 0 Å². The highest BCUT2D eigenvalue weighted by Crippen LogP contribution is 2.21. The van der Waals surface area contributed by atoms with Crippen molar-refractivity contribution in [2.75, 3.05) is 20.3 Å². The first-order valence-electron chi connectivity index (χ1n) is 5.37. The van der Waals surface area contributed by atoms with Gasteiger partial charge in [0.15, 0.2) is 0 Å². The van der Waals surface area contributed by atoms with Crippen LogP contribution in [0.25, 0.3) is 0 Å². The number of rotatable bonds is 5. The summed E-state index contributed by atoms with van der Waals surface area (Å²) in [5.74, 6) is -0.0773. The molecule has 0 saturated heterocycles. The molecule has 0 aliphatic heterocycles. The molecule has 1 rings (SSSR count). The molecule has 88 valence electrons. The molecular weight excluding hydrogens is 202 g/mol. The summed E-state index contributed by atoms with van der Waals surface area (Å²) in [6.45, 7) is 4.94. The fourth-order valence-electron chi connectivity index (χ4n) is 1.49. The first kappa shape index (κ1) is 12.7. The molecular formula is C13H19NO2. The number of ether oxygens (including phenoxy) is 1. The van der Waals surface area contributed by atoms with E-state index >= 15 is 0 Å². The van der Waals surface area contributed by atoms with E-state index in [1.165, 1.54) is 12.7 Å². The van der Waals surface area contributed by atoms with Crippen LogP contribution >= 0.6 is 0 Å². The van der Waals surface area contributed by atoms with Crippen LogP contribution in [0.2, 0.25) is 0 Å². The minimum atomic E-state index is -0.0773. The molecule has 0 heterocycles. The number of methoxy groups -OCH3 is 1. The number of amides is 1. The number of hydrogen-bond donors (Lipinski definition) is 1. The van der Waals surface area contributed by atoms with Crippen LogP contribution in [-0.4, -0.2) is 26.2 Å². The Labute approximate surface area is 96.8 Å². The summed E-state index contributed by atoms with van der Waals surface area (Å²) in [5, 5.41) is 2.86. The zero-order valence-corrected chi connectivity index (χ0v) is 10.1. The van der Waals surface area contributed by atoms with Crippen molar-refractivity contribution in [3.8, 4) is 0 Å². The average molecular weight is 221 g/mol. The number of benzene rings is 1.